The van der Waals surface area contributed by atoms with Gasteiger partial charge in [0.25, 0.3) is 5.69 Å². The molecule has 1 aliphatic rings. The lowest BCUT2D eigenvalue weighted by molar-refractivity contribution is -0.387. The van der Waals surface area contributed by atoms with Crippen LogP contribution in [-0.2, 0) is 0 Å². The number of benzene rings is 1. The third-order valence-corrected chi connectivity index (χ3v) is 4.98. The van der Waals surface area contributed by atoms with Crippen LogP contribution in [0.15, 0.2) is 29.2 Å². The van der Waals surface area contributed by atoms with Crippen molar-refractivity contribution in [2.75, 3.05) is 6.54 Å². The Balaban J connectivity index is 2.12. The molecular formula is C14H20N2O2S. The van der Waals surface area contributed by atoms with Gasteiger partial charge < -0.3 is 5.32 Å². The standard InChI is InChI=1S/C14H20N2O2S/c1-2-15-11-7-3-5-9-13(11)19-14-10-6-4-8-12(14)16(17)18/h4,6,8,10-11,13,15H,2-3,5,7,9H2,1H3. The highest BCUT2D eigenvalue weighted by molar-refractivity contribution is 8.00. The summed E-state index contributed by atoms with van der Waals surface area (Å²) in [6, 6.07) is 7.53. The third-order valence-electron chi connectivity index (χ3n) is 3.51. The van der Waals surface area contributed by atoms with Crippen LogP contribution >= 0.6 is 11.8 Å². The first-order chi connectivity index (χ1) is 9.22. The van der Waals surface area contributed by atoms with Crippen LogP contribution in [0.5, 0.6) is 0 Å². The van der Waals surface area contributed by atoms with Crippen LogP contribution in [-0.4, -0.2) is 22.8 Å². The predicted molar refractivity (Wildman–Crippen MR) is 78.7 cm³/mol. The highest BCUT2D eigenvalue weighted by Crippen LogP contribution is 2.38. The molecule has 1 N–H and O–H groups in total. The van der Waals surface area contributed by atoms with Crippen molar-refractivity contribution in [2.45, 2.75) is 48.8 Å². The quantitative estimate of drug-likeness (QED) is 0.661. The minimum absolute atomic E-state index is 0.230. The fourth-order valence-electron chi connectivity index (χ4n) is 2.60. The van der Waals surface area contributed by atoms with Crippen LogP contribution < -0.4 is 5.32 Å². The van der Waals surface area contributed by atoms with E-state index in [0.717, 1.165) is 17.9 Å². The second-order valence-electron chi connectivity index (χ2n) is 4.83. The molecule has 19 heavy (non-hydrogen) atoms. The summed E-state index contributed by atoms with van der Waals surface area (Å²) in [5.74, 6) is 0. The summed E-state index contributed by atoms with van der Waals surface area (Å²) in [6.07, 6.45) is 4.78. The number of rotatable bonds is 5. The zero-order valence-corrected chi connectivity index (χ0v) is 12.0. The van der Waals surface area contributed by atoms with Gasteiger partial charge in [0.2, 0.25) is 0 Å². The van der Waals surface area contributed by atoms with Crippen LogP contribution in [0.1, 0.15) is 32.6 Å². The van der Waals surface area contributed by atoms with Crippen molar-refractivity contribution in [2.24, 2.45) is 0 Å². The van der Waals surface area contributed by atoms with E-state index < -0.39 is 0 Å². The SMILES string of the molecule is CCNC1CCCCC1Sc1ccccc1[N+](=O)[O-]. The molecule has 1 aromatic rings. The Morgan fingerprint density at radius 2 is 2.11 bits per heavy atom. The second kappa shape index (κ2) is 6.91. The number of thioether (sulfide) groups is 1. The number of para-hydroxylation sites is 1. The average molecular weight is 280 g/mol. The van der Waals surface area contributed by atoms with E-state index in [1.807, 2.05) is 12.1 Å². The van der Waals surface area contributed by atoms with Gasteiger partial charge in [0.05, 0.1) is 9.82 Å². The summed E-state index contributed by atoms with van der Waals surface area (Å²) in [5, 5.41) is 15.0. The minimum Gasteiger partial charge on any atom is -0.313 e. The lowest BCUT2D eigenvalue weighted by Crippen LogP contribution is -2.40. The van der Waals surface area contributed by atoms with Crippen molar-refractivity contribution >= 4 is 17.4 Å². The van der Waals surface area contributed by atoms with Crippen molar-refractivity contribution in [1.82, 2.24) is 5.32 Å². The maximum Gasteiger partial charge on any atom is 0.282 e. The van der Waals surface area contributed by atoms with Crippen molar-refractivity contribution in [3.8, 4) is 0 Å². The van der Waals surface area contributed by atoms with E-state index in [0.29, 0.717) is 11.3 Å². The number of nitrogens with one attached hydrogen (secondary N) is 1. The summed E-state index contributed by atoms with van der Waals surface area (Å²) in [7, 11) is 0. The summed E-state index contributed by atoms with van der Waals surface area (Å²) < 4.78 is 0. The van der Waals surface area contributed by atoms with Gasteiger partial charge in [-0.3, -0.25) is 10.1 Å². The first-order valence-corrected chi connectivity index (χ1v) is 7.73. The van der Waals surface area contributed by atoms with Gasteiger partial charge in [-0.25, -0.2) is 0 Å². The first-order valence-electron chi connectivity index (χ1n) is 6.86. The molecule has 2 unspecified atom stereocenters. The van der Waals surface area contributed by atoms with Crippen LogP contribution in [0.25, 0.3) is 0 Å². The maximum absolute atomic E-state index is 11.0. The highest BCUT2D eigenvalue weighted by atomic mass is 32.2. The van der Waals surface area contributed by atoms with Gasteiger partial charge in [0.15, 0.2) is 0 Å². The molecule has 2 rings (SSSR count). The molecule has 0 heterocycles. The molecule has 0 bridgehead atoms. The van der Waals surface area contributed by atoms with E-state index in [4.69, 9.17) is 0 Å². The van der Waals surface area contributed by atoms with Gasteiger partial charge >= 0.3 is 0 Å². The lowest BCUT2D eigenvalue weighted by atomic mass is 9.95. The summed E-state index contributed by atoms with van der Waals surface area (Å²) in [5.41, 5.74) is 0.230. The summed E-state index contributed by atoms with van der Waals surface area (Å²) >= 11 is 1.66. The molecular weight excluding hydrogens is 260 g/mol. The normalized spacial score (nSPS) is 23.2. The molecule has 4 nitrogen and oxygen atoms in total. The van der Waals surface area contributed by atoms with Gasteiger partial charge in [-0.15, -0.1) is 11.8 Å². The van der Waals surface area contributed by atoms with E-state index >= 15 is 0 Å². The average Bonchev–Trinajstić information content (AvgIpc) is 2.42. The second-order valence-corrected chi connectivity index (χ2v) is 6.11. The van der Waals surface area contributed by atoms with Crippen LogP contribution in [0, 0.1) is 10.1 Å². The van der Waals surface area contributed by atoms with Crippen LogP contribution in [0.4, 0.5) is 5.69 Å². The van der Waals surface area contributed by atoms with E-state index in [1.165, 1.54) is 19.3 Å². The zero-order valence-electron chi connectivity index (χ0n) is 11.2. The Morgan fingerprint density at radius 1 is 1.37 bits per heavy atom. The third kappa shape index (κ3) is 3.70. The minimum atomic E-state index is -0.284. The molecule has 0 aliphatic heterocycles. The molecule has 1 fully saturated rings. The smallest absolute Gasteiger partial charge is 0.282 e. The van der Waals surface area contributed by atoms with Crippen molar-refractivity contribution in [3.63, 3.8) is 0 Å². The van der Waals surface area contributed by atoms with Crippen molar-refractivity contribution in [1.29, 1.82) is 0 Å². The summed E-state index contributed by atoms with van der Waals surface area (Å²) in [4.78, 5) is 11.6. The molecule has 5 heteroatoms. The number of nitrogens with zero attached hydrogens (tertiary/aromatic N) is 1. The van der Waals surface area contributed by atoms with Gasteiger partial charge in [-0.05, 0) is 25.5 Å². The van der Waals surface area contributed by atoms with E-state index in [2.05, 4.69) is 12.2 Å². The molecule has 0 saturated heterocycles. The monoisotopic (exact) mass is 280 g/mol. The predicted octanol–water partition coefficient (Wildman–Crippen LogP) is 3.61. The van der Waals surface area contributed by atoms with Crippen LogP contribution in [0.3, 0.4) is 0 Å². The van der Waals surface area contributed by atoms with Gasteiger partial charge in [-0.1, -0.05) is 31.9 Å². The Bertz CT molecular complexity index is 437. The molecule has 104 valence electrons. The Morgan fingerprint density at radius 3 is 2.84 bits per heavy atom. The number of nitro groups is 1. The van der Waals surface area contributed by atoms with E-state index in [-0.39, 0.29) is 10.6 Å². The number of hydrogen-bond donors (Lipinski definition) is 1. The fraction of sp³-hybridized carbons (Fsp3) is 0.571. The van der Waals surface area contributed by atoms with Gasteiger partial charge in [0.1, 0.15) is 0 Å². The topological polar surface area (TPSA) is 55.2 Å². The van der Waals surface area contributed by atoms with Gasteiger partial charge in [-0.2, -0.15) is 0 Å². The molecule has 0 amide bonds. The first kappa shape index (κ1) is 14.3. The Kier molecular flexibility index (Phi) is 5.22. The van der Waals surface area contributed by atoms with E-state index in [1.54, 1.807) is 23.9 Å². The zero-order chi connectivity index (χ0) is 13.7. The van der Waals surface area contributed by atoms with Crippen molar-refractivity contribution < 1.29 is 4.92 Å². The van der Waals surface area contributed by atoms with Gasteiger partial charge in [0, 0.05) is 17.4 Å². The van der Waals surface area contributed by atoms with Crippen molar-refractivity contribution in [3.05, 3.63) is 34.4 Å². The molecule has 1 aromatic carbocycles. The number of hydrogen-bond acceptors (Lipinski definition) is 4. The largest absolute Gasteiger partial charge is 0.313 e. The van der Waals surface area contributed by atoms with Crippen LogP contribution in [0.2, 0.25) is 0 Å². The molecule has 0 spiro atoms. The summed E-state index contributed by atoms with van der Waals surface area (Å²) in [6.45, 7) is 3.07. The molecule has 0 radical (unpaired) electrons. The molecule has 1 saturated carbocycles. The molecule has 2 atom stereocenters. The fourth-order valence-corrected chi connectivity index (χ4v) is 4.03. The lowest BCUT2D eigenvalue weighted by Gasteiger charge is -2.31. The molecule has 0 aromatic heterocycles. The number of nitro benzene ring substituents is 1. The molecule has 1 aliphatic carbocycles. The Labute approximate surface area is 118 Å². The Hall–Kier alpha value is -1.07. The van der Waals surface area contributed by atoms with E-state index in [9.17, 15) is 10.1 Å². The highest BCUT2D eigenvalue weighted by Gasteiger charge is 2.27. The maximum atomic E-state index is 11.0.